The van der Waals surface area contributed by atoms with E-state index in [9.17, 15) is 9.18 Å². The molecular weight excluding hydrogens is 181 g/mol. The normalized spacial score (nSPS) is 19.7. The number of carbonyl (C=O) groups excluding carboxylic acids is 1. The monoisotopic (exact) mass is 193 g/mol. The maximum Gasteiger partial charge on any atom is 0.232 e. The van der Waals surface area contributed by atoms with Gasteiger partial charge in [-0.05, 0) is 17.5 Å². The molecular formula is C11H12FNO. The summed E-state index contributed by atoms with van der Waals surface area (Å²) in [7, 11) is 0. The molecule has 0 saturated heterocycles. The number of halogens is 1. The highest BCUT2D eigenvalue weighted by Crippen LogP contribution is 2.38. The predicted molar refractivity (Wildman–Crippen MR) is 52.6 cm³/mol. The summed E-state index contributed by atoms with van der Waals surface area (Å²) in [6.45, 7) is 3.93. The summed E-state index contributed by atoms with van der Waals surface area (Å²) in [6, 6.07) is 4.81. The van der Waals surface area contributed by atoms with Gasteiger partial charge < -0.3 is 5.32 Å². The summed E-state index contributed by atoms with van der Waals surface area (Å²) in [6.07, 6.45) is 0. The third-order valence-corrected chi connectivity index (χ3v) is 2.58. The fraction of sp³-hybridized carbons (Fsp3) is 0.364. The Kier molecular flexibility index (Phi) is 2.02. The molecule has 1 aromatic carbocycles. The van der Waals surface area contributed by atoms with Crippen molar-refractivity contribution in [3.63, 3.8) is 0 Å². The molecule has 2 nitrogen and oxygen atoms in total. The number of carbonyl (C=O) groups is 1. The van der Waals surface area contributed by atoms with Crippen LogP contribution >= 0.6 is 0 Å². The lowest BCUT2D eigenvalue weighted by Crippen LogP contribution is -2.16. The van der Waals surface area contributed by atoms with Gasteiger partial charge in [-0.3, -0.25) is 4.79 Å². The van der Waals surface area contributed by atoms with Crippen LogP contribution in [-0.2, 0) is 4.79 Å². The van der Waals surface area contributed by atoms with E-state index in [2.05, 4.69) is 5.32 Å². The van der Waals surface area contributed by atoms with E-state index in [4.69, 9.17) is 0 Å². The number of benzene rings is 1. The molecule has 1 aliphatic heterocycles. The highest BCUT2D eigenvalue weighted by Gasteiger charge is 2.34. The molecule has 0 radical (unpaired) electrons. The van der Waals surface area contributed by atoms with Crippen LogP contribution in [0.4, 0.5) is 10.1 Å². The highest BCUT2D eigenvalue weighted by atomic mass is 19.1. The van der Waals surface area contributed by atoms with Crippen LogP contribution in [0.5, 0.6) is 0 Å². The fourth-order valence-corrected chi connectivity index (χ4v) is 1.94. The Labute approximate surface area is 82.1 Å². The Morgan fingerprint density at radius 1 is 1.43 bits per heavy atom. The first-order valence-corrected chi connectivity index (χ1v) is 4.70. The molecule has 1 aromatic rings. The van der Waals surface area contributed by atoms with Crippen molar-refractivity contribution >= 4 is 11.6 Å². The molecule has 0 aromatic heterocycles. The number of amides is 1. The van der Waals surface area contributed by atoms with Gasteiger partial charge in [-0.1, -0.05) is 26.0 Å². The van der Waals surface area contributed by atoms with Crippen molar-refractivity contribution in [3.8, 4) is 0 Å². The molecule has 1 heterocycles. The number of hydrogen-bond acceptors (Lipinski definition) is 1. The van der Waals surface area contributed by atoms with Gasteiger partial charge in [-0.2, -0.15) is 0 Å². The van der Waals surface area contributed by atoms with Crippen LogP contribution in [0.2, 0.25) is 0 Å². The van der Waals surface area contributed by atoms with E-state index < -0.39 is 0 Å². The van der Waals surface area contributed by atoms with Gasteiger partial charge in [0.1, 0.15) is 5.82 Å². The Hall–Kier alpha value is -1.38. The third kappa shape index (κ3) is 1.20. The molecule has 0 bridgehead atoms. The van der Waals surface area contributed by atoms with Crippen LogP contribution in [0.25, 0.3) is 0 Å². The molecule has 1 N–H and O–H groups in total. The van der Waals surface area contributed by atoms with Crippen LogP contribution in [0.1, 0.15) is 25.3 Å². The van der Waals surface area contributed by atoms with Crippen molar-refractivity contribution in [2.24, 2.45) is 5.92 Å². The van der Waals surface area contributed by atoms with Crippen LogP contribution < -0.4 is 5.32 Å². The molecule has 0 saturated carbocycles. The van der Waals surface area contributed by atoms with Crippen molar-refractivity contribution in [1.82, 2.24) is 0 Å². The van der Waals surface area contributed by atoms with Gasteiger partial charge in [-0.15, -0.1) is 0 Å². The number of anilines is 1. The van der Waals surface area contributed by atoms with Crippen molar-refractivity contribution in [1.29, 1.82) is 0 Å². The Balaban J connectivity index is 2.53. The van der Waals surface area contributed by atoms with Crippen molar-refractivity contribution in [2.75, 3.05) is 5.32 Å². The van der Waals surface area contributed by atoms with Gasteiger partial charge in [0.25, 0.3) is 0 Å². The second-order valence-corrected chi connectivity index (χ2v) is 3.92. The minimum Gasteiger partial charge on any atom is -0.323 e. The molecule has 0 aliphatic carbocycles. The van der Waals surface area contributed by atoms with E-state index in [1.165, 1.54) is 6.07 Å². The smallest absolute Gasteiger partial charge is 0.232 e. The first kappa shape index (κ1) is 9.19. The lowest BCUT2D eigenvalue weighted by Gasteiger charge is -2.11. The first-order chi connectivity index (χ1) is 6.61. The lowest BCUT2D eigenvalue weighted by atomic mass is 9.90. The minimum absolute atomic E-state index is 0.0971. The summed E-state index contributed by atoms with van der Waals surface area (Å²) in [4.78, 5) is 11.5. The molecule has 14 heavy (non-hydrogen) atoms. The standard InChI is InChI=1S/C11H12FNO/c1-6(2)9-7-4-3-5-8(12)10(7)13-11(9)14/h3-6,9H,1-2H3,(H,13,14). The van der Waals surface area contributed by atoms with Gasteiger partial charge in [-0.25, -0.2) is 4.39 Å². The Morgan fingerprint density at radius 3 is 2.79 bits per heavy atom. The van der Waals surface area contributed by atoms with Gasteiger partial charge in [0.2, 0.25) is 5.91 Å². The summed E-state index contributed by atoms with van der Waals surface area (Å²) < 4.78 is 13.3. The average molecular weight is 193 g/mol. The molecule has 0 fully saturated rings. The zero-order valence-corrected chi connectivity index (χ0v) is 8.17. The SMILES string of the molecule is CC(C)C1C(=O)Nc2c(F)cccc21. The fourth-order valence-electron chi connectivity index (χ4n) is 1.94. The maximum absolute atomic E-state index is 13.3. The van der Waals surface area contributed by atoms with Crippen LogP contribution in [0.3, 0.4) is 0 Å². The van der Waals surface area contributed by atoms with E-state index in [0.29, 0.717) is 5.69 Å². The molecule has 2 rings (SSSR count). The molecule has 1 amide bonds. The van der Waals surface area contributed by atoms with Crippen LogP contribution in [-0.4, -0.2) is 5.91 Å². The molecule has 74 valence electrons. The highest BCUT2D eigenvalue weighted by molar-refractivity contribution is 6.03. The largest absolute Gasteiger partial charge is 0.323 e. The Morgan fingerprint density at radius 2 is 2.14 bits per heavy atom. The minimum atomic E-state index is -0.348. The van der Waals surface area contributed by atoms with Gasteiger partial charge in [0.15, 0.2) is 0 Å². The Bertz CT molecular complexity index is 387. The average Bonchev–Trinajstić information content (AvgIpc) is 2.42. The predicted octanol–water partition coefficient (Wildman–Crippen LogP) is 2.52. The zero-order valence-electron chi connectivity index (χ0n) is 8.17. The number of hydrogen-bond donors (Lipinski definition) is 1. The molecule has 0 spiro atoms. The summed E-state index contributed by atoms with van der Waals surface area (Å²) in [5.74, 6) is -0.460. The molecule has 1 unspecified atom stereocenters. The lowest BCUT2D eigenvalue weighted by molar-refractivity contribution is -0.117. The van der Waals surface area contributed by atoms with Gasteiger partial charge >= 0.3 is 0 Å². The van der Waals surface area contributed by atoms with Gasteiger partial charge in [0, 0.05) is 0 Å². The molecule has 1 aliphatic rings. The maximum atomic E-state index is 13.3. The van der Waals surface area contributed by atoms with Crippen molar-refractivity contribution in [2.45, 2.75) is 19.8 Å². The van der Waals surface area contributed by atoms with Crippen molar-refractivity contribution in [3.05, 3.63) is 29.6 Å². The zero-order chi connectivity index (χ0) is 10.3. The molecule has 1 atom stereocenters. The van der Waals surface area contributed by atoms with Crippen LogP contribution in [0, 0.1) is 11.7 Å². The third-order valence-electron chi connectivity index (χ3n) is 2.58. The number of nitrogens with one attached hydrogen (secondary N) is 1. The topological polar surface area (TPSA) is 29.1 Å². The quantitative estimate of drug-likeness (QED) is 0.729. The summed E-state index contributed by atoms with van der Waals surface area (Å²) in [5, 5.41) is 2.58. The molecule has 3 heteroatoms. The second kappa shape index (κ2) is 3.08. The number of para-hydroxylation sites is 1. The van der Waals surface area contributed by atoms with Crippen LogP contribution in [0.15, 0.2) is 18.2 Å². The van der Waals surface area contributed by atoms with E-state index in [1.54, 1.807) is 12.1 Å². The van der Waals surface area contributed by atoms with E-state index in [1.807, 2.05) is 13.8 Å². The summed E-state index contributed by atoms with van der Waals surface area (Å²) in [5.41, 5.74) is 1.14. The second-order valence-electron chi connectivity index (χ2n) is 3.92. The number of fused-ring (bicyclic) bond motifs is 1. The summed E-state index contributed by atoms with van der Waals surface area (Å²) >= 11 is 0. The number of rotatable bonds is 1. The van der Waals surface area contributed by atoms with E-state index in [-0.39, 0.29) is 23.6 Å². The van der Waals surface area contributed by atoms with E-state index in [0.717, 1.165) is 5.56 Å². The van der Waals surface area contributed by atoms with Gasteiger partial charge in [0.05, 0.1) is 11.6 Å². The van der Waals surface area contributed by atoms with E-state index >= 15 is 0 Å². The first-order valence-electron chi connectivity index (χ1n) is 4.70. The van der Waals surface area contributed by atoms with Crippen molar-refractivity contribution < 1.29 is 9.18 Å².